The predicted octanol–water partition coefficient (Wildman–Crippen LogP) is 2.26. The first kappa shape index (κ1) is 18.4. The van der Waals surface area contributed by atoms with Gasteiger partial charge >= 0.3 is 0 Å². The molecule has 3 N–H and O–H groups in total. The van der Waals surface area contributed by atoms with Gasteiger partial charge in [0, 0.05) is 37.1 Å². The molecule has 130 valence electrons. The van der Waals surface area contributed by atoms with Crippen molar-refractivity contribution in [1.82, 2.24) is 9.55 Å². The van der Waals surface area contributed by atoms with Crippen LogP contribution in [0.25, 0.3) is 0 Å². The number of aliphatic imine (C=N–C) groups is 1. The number of methoxy groups -OCH3 is 2. The van der Waals surface area contributed by atoms with Gasteiger partial charge in [-0.3, -0.25) is 0 Å². The van der Waals surface area contributed by atoms with E-state index >= 15 is 0 Å². The van der Waals surface area contributed by atoms with Gasteiger partial charge in [0.25, 0.3) is 0 Å². The first-order valence-corrected chi connectivity index (χ1v) is 7.52. The molecule has 1 aliphatic heterocycles. The molecule has 24 heavy (non-hydrogen) atoms. The van der Waals surface area contributed by atoms with Gasteiger partial charge in [-0.25, -0.2) is 9.98 Å². The van der Waals surface area contributed by atoms with Gasteiger partial charge in [-0.15, -0.1) is 24.0 Å². The van der Waals surface area contributed by atoms with Crippen molar-refractivity contribution < 1.29 is 9.47 Å². The standard InChI is InChI=1S/C16H21N5O2.HI/c1-22-13-4-3-11(9-14(13)23-2)19-16(17)20-12-5-7-21-8-6-18-15(21)10-12;/h3-4,6,8-9,12H,5,7,10H2,1-2H3,(H3,17,19,20);1H. The Hall–Kier alpha value is -1.97. The molecule has 0 amide bonds. The number of hydrogen-bond donors (Lipinski definition) is 2. The van der Waals surface area contributed by atoms with Gasteiger partial charge in [0.15, 0.2) is 17.5 Å². The molecule has 0 fully saturated rings. The van der Waals surface area contributed by atoms with Crippen molar-refractivity contribution in [3.63, 3.8) is 0 Å². The van der Waals surface area contributed by atoms with E-state index in [1.807, 2.05) is 30.6 Å². The smallest absolute Gasteiger partial charge is 0.193 e. The number of aromatic nitrogens is 2. The summed E-state index contributed by atoms with van der Waals surface area (Å²) in [6.45, 7) is 0.924. The molecule has 1 aromatic heterocycles. The fourth-order valence-electron chi connectivity index (χ4n) is 2.74. The highest BCUT2D eigenvalue weighted by Crippen LogP contribution is 2.29. The van der Waals surface area contributed by atoms with Gasteiger partial charge in [0.05, 0.1) is 20.3 Å². The summed E-state index contributed by atoms with van der Waals surface area (Å²) in [4.78, 5) is 8.91. The van der Waals surface area contributed by atoms with Crippen LogP contribution in [0.15, 0.2) is 35.6 Å². The van der Waals surface area contributed by atoms with Crippen LogP contribution in [0.1, 0.15) is 12.2 Å². The van der Waals surface area contributed by atoms with Gasteiger partial charge in [0.2, 0.25) is 0 Å². The molecule has 2 heterocycles. The summed E-state index contributed by atoms with van der Waals surface area (Å²) in [5, 5.41) is 3.10. The minimum atomic E-state index is 0. The molecule has 7 nitrogen and oxygen atoms in total. The molecular formula is C16H22IN5O2. The number of anilines is 1. The fraction of sp³-hybridized carbons (Fsp3) is 0.375. The third-order valence-electron chi connectivity index (χ3n) is 3.90. The Morgan fingerprint density at radius 3 is 2.88 bits per heavy atom. The van der Waals surface area contributed by atoms with Gasteiger partial charge in [0.1, 0.15) is 5.82 Å². The lowest BCUT2D eigenvalue weighted by Crippen LogP contribution is -2.29. The van der Waals surface area contributed by atoms with E-state index < -0.39 is 0 Å². The summed E-state index contributed by atoms with van der Waals surface area (Å²) in [7, 11) is 3.21. The second-order valence-electron chi connectivity index (χ2n) is 5.39. The molecule has 0 bridgehead atoms. The Labute approximate surface area is 158 Å². The molecule has 0 saturated heterocycles. The third kappa shape index (κ3) is 4.11. The molecule has 1 aromatic carbocycles. The van der Waals surface area contributed by atoms with Crippen molar-refractivity contribution in [2.45, 2.75) is 25.4 Å². The Balaban J connectivity index is 0.00000208. The Morgan fingerprint density at radius 2 is 2.12 bits per heavy atom. The van der Waals surface area contributed by atoms with Crippen LogP contribution < -0.4 is 20.5 Å². The number of rotatable bonds is 4. The molecule has 0 saturated carbocycles. The number of ether oxygens (including phenoxy) is 2. The minimum absolute atomic E-state index is 0. The first-order valence-electron chi connectivity index (χ1n) is 7.52. The van der Waals surface area contributed by atoms with Crippen LogP contribution >= 0.6 is 24.0 Å². The Morgan fingerprint density at radius 1 is 1.33 bits per heavy atom. The lowest BCUT2D eigenvalue weighted by molar-refractivity contribution is 0.355. The summed E-state index contributed by atoms with van der Waals surface area (Å²) >= 11 is 0. The van der Waals surface area contributed by atoms with Gasteiger partial charge in [-0.1, -0.05) is 0 Å². The number of fused-ring (bicyclic) bond motifs is 1. The number of guanidine groups is 1. The topological polar surface area (TPSA) is 86.7 Å². The van der Waals surface area contributed by atoms with Crippen molar-refractivity contribution >= 4 is 35.6 Å². The van der Waals surface area contributed by atoms with Gasteiger partial charge in [-0.2, -0.15) is 0 Å². The maximum atomic E-state index is 6.03. The number of hydrogen-bond acceptors (Lipinski definition) is 4. The molecule has 1 unspecified atom stereocenters. The molecule has 1 aliphatic rings. The second kappa shape index (κ2) is 8.22. The Bertz CT molecular complexity index is 716. The average molecular weight is 443 g/mol. The predicted molar refractivity (Wildman–Crippen MR) is 105 cm³/mol. The van der Waals surface area contributed by atoms with Crippen LogP contribution in [0, 0.1) is 0 Å². The van der Waals surface area contributed by atoms with Crippen LogP contribution in [0.4, 0.5) is 5.69 Å². The first-order chi connectivity index (χ1) is 11.2. The van der Waals surface area contributed by atoms with E-state index in [0.717, 1.165) is 30.9 Å². The van der Waals surface area contributed by atoms with Crippen LogP contribution in [0.5, 0.6) is 11.5 Å². The molecule has 3 rings (SSSR count). The van der Waals surface area contributed by atoms with E-state index in [4.69, 9.17) is 15.2 Å². The quantitative estimate of drug-likeness (QED) is 0.430. The lowest BCUT2D eigenvalue weighted by atomic mass is 10.1. The average Bonchev–Trinajstić information content (AvgIpc) is 3.02. The number of nitrogens with zero attached hydrogens (tertiary/aromatic N) is 3. The monoisotopic (exact) mass is 443 g/mol. The maximum absolute atomic E-state index is 6.03. The molecule has 2 aromatic rings. The number of aryl methyl sites for hydroxylation is 1. The normalized spacial score (nSPS) is 16.8. The summed E-state index contributed by atoms with van der Waals surface area (Å²) < 4.78 is 12.7. The van der Waals surface area contributed by atoms with E-state index in [0.29, 0.717) is 17.5 Å². The summed E-state index contributed by atoms with van der Waals surface area (Å²) in [6.07, 6.45) is 5.59. The molecular weight excluding hydrogens is 421 g/mol. The van der Waals surface area contributed by atoms with Crippen LogP contribution in [0.3, 0.4) is 0 Å². The lowest BCUT2D eigenvalue weighted by Gasteiger charge is -2.20. The third-order valence-corrected chi connectivity index (χ3v) is 3.90. The zero-order valence-electron chi connectivity index (χ0n) is 13.7. The number of halogens is 1. The van der Waals surface area contributed by atoms with Crippen molar-refractivity contribution in [3.05, 3.63) is 36.4 Å². The molecule has 0 radical (unpaired) electrons. The number of nitrogens with two attached hydrogens (primary N) is 1. The van der Waals surface area contributed by atoms with Crippen LogP contribution in [0.2, 0.25) is 0 Å². The molecule has 1 atom stereocenters. The second-order valence-corrected chi connectivity index (χ2v) is 5.39. The summed E-state index contributed by atoms with van der Waals surface area (Å²) in [5.41, 5.74) is 6.84. The number of benzene rings is 1. The van der Waals surface area contributed by atoms with E-state index in [1.54, 1.807) is 14.2 Å². The van der Waals surface area contributed by atoms with Crippen molar-refractivity contribution in [2.24, 2.45) is 10.7 Å². The molecule has 0 spiro atoms. The highest BCUT2D eigenvalue weighted by atomic mass is 127. The Kier molecular flexibility index (Phi) is 6.29. The highest BCUT2D eigenvalue weighted by molar-refractivity contribution is 14.0. The van der Waals surface area contributed by atoms with Crippen LogP contribution in [-0.2, 0) is 13.0 Å². The van der Waals surface area contributed by atoms with Crippen molar-refractivity contribution in [2.75, 3.05) is 19.5 Å². The zero-order valence-corrected chi connectivity index (χ0v) is 16.1. The van der Waals surface area contributed by atoms with E-state index in [2.05, 4.69) is 19.9 Å². The summed E-state index contributed by atoms with van der Waals surface area (Å²) in [5.74, 6) is 2.77. The molecule has 0 aliphatic carbocycles. The maximum Gasteiger partial charge on any atom is 0.193 e. The highest BCUT2D eigenvalue weighted by Gasteiger charge is 2.18. The fourth-order valence-corrected chi connectivity index (χ4v) is 2.74. The molecule has 8 heteroatoms. The number of imidazole rings is 1. The summed E-state index contributed by atoms with van der Waals surface area (Å²) in [6, 6.07) is 5.68. The van der Waals surface area contributed by atoms with E-state index in [1.165, 1.54) is 0 Å². The van der Waals surface area contributed by atoms with Gasteiger partial charge in [-0.05, 0) is 18.6 Å². The van der Waals surface area contributed by atoms with Crippen molar-refractivity contribution in [1.29, 1.82) is 0 Å². The van der Waals surface area contributed by atoms with E-state index in [9.17, 15) is 0 Å². The SMILES string of the molecule is COc1ccc(NC(N)=NC2CCn3ccnc3C2)cc1OC.I. The van der Waals surface area contributed by atoms with E-state index in [-0.39, 0.29) is 30.0 Å². The number of nitrogens with one attached hydrogen (secondary N) is 1. The van der Waals surface area contributed by atoms with Gasteiger partial charge < -0.3 is 25.1 Å². The zero-order chi connectivity index (χ0) is 16.2. The van der Waals surface area contributed by atoms with Crippen molar-refractivity contribution in [3.8, 4) is 11.5 Å². The largest absolute Gasteiger partial charge is 0.493 e. The van der Waals surface area contributed by atoms with Crippen LogP contribution in [-0.4, -0.2) is 35.8 Å². The minimum Gasteiger partial charge on any atom is -0.493 e.